The first-order valence-corrected chi connectivity index (χ1v) is 7.89. The standard InChI is InChI=1S/C14H23N3O2S/c1-8(2)13-16-10(7-20-13)6-17(3)14(19)9-4-11(15)12(18)5-9/h7-9,11-12,18H,4-6,15H2,1-3H3/t9-,11+,12+/m0/s1. The Morgan fingerprint density at radius 3 is 2.80 bits per heavy atom. The summed E-state index contributed by atoms with van der Waals surface area (Å²) in [4.78, 5) is 18.5. The zero-order valence-corrected chi connectivity index (χ0v) is 13.1. The number of aromatic nitrogens is 1. The Labute approximate surface area is 123 Å². The summed E-state index contributed by atoms with van der Waals surface area (Å²) in [6.45, 7) is 4.74. The number of carbonyl (C=O) groups excluding carboxylic acids is 1. The summed E-state index contributed by atoms with van der Waals surface area (Å²) in [5.74, 6) is 0.307. The SMILES string of the molecule is CC(C)c1nc(CN(C)C(=O)[C@H]2C[C@@H](N)[C@H](O)C2)cs1. The summed E-state index contributed by atoms with van der Waals surface area (Å²) in [7, 11) is 1.78. The van der Waals surface area contributed by atoms with Crippen LogP contribution in [0.2, 0.25) is 0 Å². The first-order valence-electron chi connectivity index (χ1n) is 7.01. The van der Waals surface area contributed by atoms with E-state index in [2.05, 4.69) is 18.8 Å². The molecule has 1 fully saturated rings. The summed E-state index contributed by atoms with van der Waals surface area (Å²) in [6.07, 6.45) is 0.487. The molecule has 20 heavy (non-hydrogen) atoms. The van der Waals surface area contributed by atoms with Gasteiger partial charge in [0.05, 0.1) is 23.4 Å². The van der Waals surface area contributed by atoms with Crippen LogP contribution in [0.4, 0.5) is 0 Å². The van der Waals surface area contributed by atoms with Crippen molar-refractivity contribution in [3.8, 4) is 0 Å². The van der Waals surface area contributed by atoms with Crippen LogP contribution in [0.15, 0.2) is 5.38 Å². The van der Waals surface area contributed by atoms with Gasteiger partial charge in [-0.1, -0.05) is 13.8 Å². The average Bonchev–Trinajstić information content (AvgIpc) is 2.97. The van der Waals surface area contributed by atoms with Crippen molar-refractivity contribution < 1.29 is 9.90 Å². The number of aliphatic hydroxyl groups excluding tert-OH is 1. The number of thiazole rings is 1. The first-order chi connectivity index (χ1) is 9.38. The summed E-state index contributed by atoms with van der Waals surface area (Å²) in [6, 6.07) is -0.274. The lowest BCUT2D eigenvalue weighted by atomic mass is 10.1. The van der Waals surface area contributed by atoms with E-state index < -0.39 is 6.10 Å². The summed E-state index contributed by atoms with van der Waals surface area (Å²) < 4.78 is 0. The van der Waals surface area contributed by atoms with Crippen LogP contribution < -0.4 is 5.73 Å². The van der Waals surface area contributed by atoms with Gasteiger partial charge in [-0.05, 0) is 12.8 Å². The van der Waals surface area contributed by atoms with Gasteiger partial charge in [0, 0.05) is 30.3 Å². The summed E-state index contributed by atoms with van der Waals surface area (Å²) in [5.41, 5.74) is 6.69. The number of nitrogens with two attached hydrogens (primary N) is 1. The van der Waals surface area contributed by atoms with Gasteiger partial charge in [-0.25, -0.2) is 4.98 Å². The maximum atomic E-state index is 12.3. The van der Waals surface area contributed by atoms with E-state index in [0.29, 0.717) is 25.3 Å². The van der Waals surface area contributed by atoms with Gasteiger partial charge >= 0.3 is 0 Å². The molecule has 6 heteroatoms. The molecule has 0 saturated heterocycles. The fraction of sp³-hybridized carbons (Fsp3) is 0.714. The van der Waals surface area contributed by atoms with Crippen molar-refractivity contribution >= 4 is 17.2 Å². The molecular formula is C14H23N3O2S. The van der Waals surface area contributed by atoms with Crippen LogP contribution in [0.1, 0.15) is 43.3 Å². The van der Waals surface area contributed by atoms with E-state index in [1.54, 1.807) is 23.3 Å². The van der Waals surface area contributed by atoms with E-state index in [-0.39, 0.29) is 17.9 Å². The van der Waals surface area contributed by atoms with Gasteiger partial charge in [0.15, 0.2) is 0 Å². The molecule has 0 aliphatic heterocycles. The number of carbonyl (C=O) groups is 1. The molecule has 1 heterocycles. The molecule has 0 radical (unpaired) electrons. The molecule has 1 aromatic rings. The van der Waals surface area contributed by atoms with Crippen LogP contribution in [0, 0.1) is 5.92 Å². The van der Waals surface area contributed by atoms with E-state index in [0.717, 1.165) is 10.7 Å². The van der Waals surface area contributed by atoms with Gasteiger partial charge < -0.3 is 15.7 Å². The van der Waals surface area contributed by atoms with E-state index in [1.165, 1.54) is 0 Å². The Balaban J connectivity index is 1.94. The molecule has 0 unspecified atom stereocenters. The van der Waals surface area contributed by atoms with Crippen molar-refractivity contribution in [3.63, 3.8) is 0 Å². The molecular weight excluding hydrogens is 274 g/mol. The summed E-state index contributed by atoms with van der Waals surface area (Å²) >= 11 is 1.64. The second-order valence-electron chi connectivity index (χ2n) is 5.93. The maximum Gasteiger partial charge on any atom is 0.225 e. The van der Waals surface area contributed by atoms with Crippen molar-refractivity contribution in [3.05, 3.63) is 16.1 Å². The van der Waals surface area contributed by atoms with Gasteiger partial charge in [-0.3, -0.25) is 4.79 Å². The second-order valence-corrected chi connectivity index (χ2v) is 6.82. The molecule has 0 aromatic carbocycles. The minimum Gasteiger partial charge on any atom is -0.391 e. The van der Waals surface area contributed by atoms with Crippen LogP contribution in [-0.4, -0.2) is 40.1 Å². The van der Waals surface area contributed by atoms with Crippen LogP contribution >= 0.6 is 11.3 Å². The van der Waals surface area contributed by atoms with Gasteiger partial charge in [0.1, 0.15) is 0 Å². The monoisotopic (exact) mass is 297 g/mol. The van der Waals surface area contributed by atoms with Gasteiger partial charge in [0.2, 0.25) is 5.91 Å². The Hall–Kier alpha value is -0.980. The number of nitrogens with zero attached hydrogens (tertiary/aromatic N) is 2. The highest BCUT2D eigenvalue weighted by molar-refractivity contribution is 7.09. The van der Waals surface area contributed by atoms with Crippen LogP contribution in [0.25, 0.3) is 0 Å². The molecule has 1 aromatic heterocycles. The molecule has 1 amide bonds. The number of amides is 1. The Bertz CT molecular complexity index is 465. The van der Waals surface area contributed by atoms with E-state index in [9.17, 15) is 9.90 Å². The predicted molar refractivity (Wildman–Crippen MR) is 79.4 cm³/mol. The Morgan fingerprint density at radius 2 is 2.30 bits per heavy atom. The molecule has 0 bridgehead atoms. The molecule has 3 atom stereocenters. The highest BCUT2D eigenvalue weighted by Gasteiger charge is 2.36. The number of rotatable bonds is 4. The Morgan fingerprint density at radius 1 is 1.60 bits per heavy atom. The third-order valence-electron chi connectivity index (χ3n) is 3.76. The molecule has 5 nitrogen and oxygen atoms in total. The highest BCUT2D eigenvalue weighted by Crippen LogP contribution is 2.27. The van der Waals surface area contributed by atoms with Crippen LogP contribution in [-0.2, 0) is 11.3 Å². The molecule has 1 aliphatic rings. The minimum atomic E-state index is -0.552. The quantitative estimate of drug-likeness (QED) is 0.878. The average molecular weight is 297 g/mol. The predicted octanol–water partition coefficient (Wildman–Crippen LogP) is 1.32. The normalized spacial score (nSPS) is 26.2. The molecule has 0 spiro atoms. The number of hydrogen-bond acceptors (Lipinski definition) is 5. The Kier molecular flexibility index (Phi) is 4.78. The smallest absolute Gasteiger partial charge is 0.225 e. The molecule has 112 valence electrons. The van der Waals surface area contributed by atoms with E-state index >= 15 is 0 Å². The lowest BCUT2D eigenvalue weighted by Gasteiger charge is -2.20. The fourth-order valence-corrected chi connectivity index (χ4v) is 3.37. The third kappa shape index (κ3) is 3.37. The van der Waals surface area contributed by atoms with E-state index in [1.807, 2.05) is 5.38 Å². The number of hydrogen-bond donors (Lipinski definition) is 2. The van der Waals surface area contributed by atoms with Gasteiger partial charge in [-0.2, -0.15) is 0 Å². The molecule has 2 rings (SSSR count). The summed E-state index contributed by atoms with van der Waals surface area (Å²) in [5, 5.41) is 12.8. The van der Waals surface area contributed by atoms with Crippen molar-refractivity contribution in [1.29, 1.82) is 0 Å². The van der Waals surface area contributed by atoms with Crippen molar-refractivity contribution in [2.24, 2.45) is 11.7 Å². The van der Waals surface area contributed by atoms with Gasteiger partial charge in [0.25, 0.3) is 0 Å². The lowest BCUT2D eigenvalue weighted by molar-refractivity contribution is -0.134. The van der Waals surface area contributed by atoms with Gasteiger partial charge in [-0.15, -0.1) is 11.3 Å². The molecule has 3 N–H and O–H groups in total. The van der Waals surface area contributed by atoms with Crippen molar-refractivity contribution in [2.45, 2.75) is 51.3 Å². The maximum absolute atomic E-state index is 12.3. The van der Waals surface area contributed by atoms with Crippen molar-refractivity contribution in [2.75, 3.05) is 7.05 Å². The van der Waals surface area contributed by atoms with E-state index in [4.69, 9.17) is 5.73 Å². The fourth-order valence-electron chi connectivity index (χ4n) is 2.54. The number of aliphatic hydroxyl groups is 1. The minimum absolute atomic E-state index is 0.0519. The first kappa shape index (κ1) is 15.4. The zero-order valence-electron chi connectivity index (χ0n) is 12.2. The topological polar surface area (TPSA) is 79.5 Å². The third-order valence-corrected chi connectivity index (χ3v) is 4.96. The highest BCUT2D eigenvalue weighted by atomic mass is 32.1. The molecule has 1 saturated carbocycles. The van der Waals surface area contributed by atoms with Crippen LogP contribution in [0.3, 0.4) is 0 Å². The second kappa shape index (κ2) is 6.20. The zero-order chi connectivity index (χ0) is 14.9. The largest absolute Gasteiger partial charge is 0.391 e. The lowest BCUT2D eigenvalue weighted by Crippen LogP contribution is -2.32. The van der Waals surface area contributed by atoms with Crippen LogP contribution in [0.5, 0.6) is 0 Å². The molecule has 1 aliphatic carbocycles. The van der Waals surface area contributed by atoms with Crippen molar-refractivity contribution in [1.82, 2.24) is 9.88 Å².